The highest BCUT2D eigenvalue weighted by Gasteiger charge is 2.42. The summed E-state index contributed by atoms with van der Waals surface area (Å²) in [6.07, 6.45) is 4.65. The molecule has 0 spiro atoms. The number of nitrogens with zero attached hydrogens (tertiary/aromatic N) is 7. The fourth-order valence-electron chi connectivity index (χ4n) is 10.9. The summed E-state index contributed by atoms with van der Waals surface area (Å²) >= 11 is 0. The summed E-state index contributed by atoms with van der Waals surface area (Å²) in [7, 11) is 11.5. The molecule has 1 aliphatic rings. The lowest BCUT2D eigenvalue weighted by Gasteiger charge is -2.42. The fraction of sp³-hybridized carbons (Fsp3) is 0.823. The number of hydrogen-bond donors (Lipinski definition) is 5. The minimum absolute atomic E-state index is 0.00230. The Morgan fingerprint density at radius 2 is 1.00 bits per heavy atom. The summed E-state index contributed by atoms with van der Waals surface area (Å²) in [5.74, 6) is -5.79. The Labute approximate surface area is 500 Å². The van der Waals surface area contributed by atoms with E-state index in [1.165, 1.54) is 54.6 Å². The predicted molar refractivity (Wildman–Crippen MR) is 328 cm³/mol. The van der Waals surface area contributed by atoms with Crippen LogP contribution in [0.1, 0.15) is 156 Å². The molecule has 1 heterocycles. The summed E-state index contributed by atoms with van der Waals surface area (Å²) in [4.78, 5) is 141. The first-order valence-corrected chi connectivity index (χ1v) is 30.6. The Balaban J connectivity index is 4.20. The summed E-state index contributed by atoms with van der Waals surface area (Å²) in [5, 5.41) is 23.5. The van der Waals surface area contributed by atoms with E-state index in [-0.39, 0.29) is 72.8 Å². The van der Waals surface area contributed by atoms with Gasteiger partial charge >= 0.3 is 0 Å². The van der Waals surface area contributed by atoms with Crippen LogP contribution in [0.25, 0.3) is 0 Å². The lowest BCUT2D eigenvalue weighted by atomic mass is 9.91. The summed E-state index contributed by atoms with van der Waals surface area (Å²) in [6.45, 7) is 32.1. The normalized spacial score (nSPS) is 27.7. The van der Waals surface area contributed by atoms with Gasteiger partial charge in [0, 0.05) is 60.4 Å². The second-order valence-corrected chi connectivity index (χ2v) is 26.3. The molecule has 1 rings (SSSR count). The van der Waals surface area contributed by atoms with Gasteiger partial charge in [-0.15, -0.1) is 0 Å². The van der Waals surface area contributed by atoms with E-state index in [4.69, 9.17) is 0 Å². The van der Waals surface area contributed by atoms with Crippen molar-refractivity contribution in [2.24, 2.45) is 41.4 Å². The number of carbonyl (C=O) groups excluding carboxylic acids is 9. The average molecular weight is 1170 g/mol. The van der Waals surface area contributed by atoms with Crippen LogP contribution in [0.3, 0.4) is 0 Å². The lowest BCUT2D eigenvalue weighted by Crippen LogP contribution is -2.61. The molecule has 0 radical (unpaired) electrons. The molecule has 0 saturated carbocycles. The SMILES string of the molecule is C/C=C/C[C@@H](C)[C@@H](O)[C@H]1C(=O)N[C@@H](CC)C(=O)N(C)CC(=O)N(C)[C@@H](CC(C)C)C(=O)N[C@@H](C(C)C)C(=O)N(C)[C@@H](CC(C)C)C(=O)N[C@@H](C)C(=O)N[C@H](C)C(=O)N(C)[C@@H](CC(C)C)C(=O)N(C)[C@@H](CC(C)C)CN(C)[C@@H](C(C)C)CN1C. The zero-order chi connectivity index (χ0) is 64.2. The molecule has 0 bridgehead atoms. The molecule has 21 nitrogen and oxygen atoms in total. The van der Waals surface area contributed by atoms with Gasteiger partial charge in [-0.1, -0.05) is 109 Å². The van der Waals surface area contributed by atoms with E-state index in [9.17, 15) is 48.3 Å². The lowest BCUT2D eigenvalue weighted by molar-refractivity contribution is -0.147. The molecule has 21 heteroatoms. The molecule has 0 aliphatic carbocycles. The minimum atomic E-state index is -1.17. The molecule has 0 aromatic rings. The summed E-state index contributed by atoms with van der Waals surface area (Å²) in [6, 6.07) is -9.22. The molecule has 0 unspecified atom stereocenters. The Bertz CT molecular complexity index is 2150. The molecule has 1 saturated heterocycles. The van der Waals surface area contributed by atoms with Crippen molar-refractivity contribution in [3.05, 3.63) is 12.2 Å². The monoisotopic (exact) mass is 1170 g/mol. The van der Waals surface area contributed by atoms with Crippen molar-refractivity contribution in [3.63, 3.8) is 0 Å². The van der Waals surface area contributed by atoms with E-state index >= 15 is 0 Å². The van der Waals surface area contributed by atoms with Crippen LogP contribution < -0.4 is 21.3 Å². The third-order valence-corrected chi connectivity index (χ3v) is 16.3. The van der Waals surface area contributed by atoms with Crippen LogP contribution in [-0.2, 0) is 43.2 Å². The van der Waals surface area contributed by atoms with Crippen LogP contribution in [0, 0.1) is 41.4 Å². The molecule has 0 aromatic carbocycles. The predicted octanol–water partition coefficient (Wildman–Crippen LogP) is 4.22. The van der Waals surface area contributed by atoms with E-state index < -0.39 is 114 Å². The maximum Gasteiger partial charge on any atom is 0.245 e. The highest BCUT2D eigenvalue weighted by molar-refractivity contribution is 5.97. The first-order valence-electron chi connectivity index (χ1n) is 30.6. The van der Waals surface area contributed by atoms with Crippen molar-refractivity contribution in [2.45, 2.75) is 223 Å². The summed E-state index contributed by atoms with van der Waals surface area (Å²) in [5.41, 5.74) is 0. The van der Waals surface area contributed by atoms with Gasteiger partial charge in [-0.3, -0.25) is 53.0 Å². The van der Waals surface area contributed by atoms with Crippen molar-refractivity contribution in [1.29, 1.82) is 0 Å². The highest BCUT2D eigenvalue weighted by Crippen LogP contribution is 2.24. The number of likely N-dealkylation sites (N-methyl/N-ethyl adjacent to an activating group) is 7. The van der Waals surface area contributed by atoms with E-state index in [1.54, 1.807) is 46.8 Å². The number of hydrogen-bond acceptors (Lipinski definition) is 12. The van der Waals surface area contributed by atoms with Crippen LogP contribution in [0.4, 0.5) is 0 Å². The molecule has 83 heavy (non-hydrogen) atoms. The van der Waals surface area contributed by atoms with Crippen molar-refractivity contribution < 1.29 is 48.3 Å². The zero-order valence-corrected chi connectivity index (χ0v) is 55.7. The van der Waals surface area contributed by atoms with Crippen LogP contribution in [-0.4, -0.2) is 228 Å². The molecule has 12 atom stereocenters. The first-order chi connectivity index (χ1) is 38.4. The maximum absolute atomic E-state index is 15.0. The standard InChI is InChI=1S/C62H115N11O10/c1-25-27-28-42(15)54(75)53-58(79)65-46(26-2)60(81)69(20)35-51(74)71(22)47(30-37(5)6)57(78)66-52(41(13)14)62(83)72(23)48(31-38(7)8)56(77)63-43(16)55(76)64-44(17)59(80)73(24)49(32-39(9)10)61(82)70(21)45(29-36(3)4)33-67(18)50(40(11)12)34-68(53)19/h25,27,36-50,52-54,75H,26,28-35H2,1-24H3,(H,63,77)(H,64,76)(H,65,79)(H,66,78)/b27-25+/t42-,43+,44-,45+,46+,47+,48+,49+,50-,52+,53+,54-/m1/s1. The van der Waals surface area contributed by atoms with E-state index in [0.29, 0.717) is 32.4 Å². The van der Waals surface area contributed by atoms with Crippen molar-refractivity contribution in [3.8, 4) is 0 Å². The van der Waals surface area contributed by atoms with Crippen molar-refractivity contribution in [1.82, 2.24) is 55.6 Å². The van der Waals surface area contributed by atoms with Gasteiger partial charge in [0.2, 0.25) is 53.2 Å². The van der Waals surface area contributed by atoms with E-state index in [1.807, 2.05) is 79.5 Å². The topological polar surface area (TPSA) is 245 Å². The molecule has 478 valence electrons. The number of allylic oxidation sites excluding steroid dienone is 2. The van der Waals surface area contributed by atoms with E-state index in [0.717, 1.165) is 0 Å². The number of aliphatic hydroxyl groups excluding tert-OH is 1. The third kappa shape index (κ3) is 23.0. The molecule has 1 fully saturated rings. The van der Waals surface area contributed by atoms with Gasteiger partial charge in [0.05, 0.1) is 12.6 Å². The Hall–Kier alpha value is -5.15. The number of amides is 9. The molecule has 9 amide bonds. The second kappa shape index (κ2) is 35.3. The van der Waals surface area contributed by atoms with Gasteiger partial charge < -0.3 is 50.9 Å². The number of nitrogens with one attached hydrogen (secondary N) is 4. The Kier molecular flexibility index (Phi) is 32.3. The Morgan fingerprint density at radius 3 is 1.48 bits per heavy atom. The minimum Gasteiger partial charge on any atom is -0.391 e. The second-order valence-electron chi connectivity index (χ2n) is 26.3. The number of rotatable bonds is 15. The van der Waals surface area contributed by atoms with Gasteiger partial charge in [-0.25, -0.2) is 0 Å². The van der Waals surface area contributed by atoms with Crippen LogP contribution in [0.5, 0.6) is 0 Å². The maximum atomic E-state index is 15.0. The van der Waals surface area contributed by atoms with Gasteiger partial charge in [0.15, 0.2) is 0 Å². The van der Waals surface area contributed by atoms with Gasteiger partial charge in [-0.2, -0.15) is 0 Å². The van der Waals surface area contributed by atoms with Gasteiger partial charge in [0.25, 0.3) is 0 Å². The fourth-order valence-corrected chi connectivity index (χ4v) is 10.9. The molecular formula is C62H115N11O10. The smallest absolute Gasteiger partial charge is 0.245 e. The van der Waals surface area contributed by atoms with Crippen LogP contribution in [0.15, 0.2) is 12.2 Å². The van der Waals surface area contributed by atoms with Crippen molar-refractivity contribution in [2.75, 3.05) is 69.0 Å². The van der Waals surface area contributed by atoms with E-state index in [2.05, 4.69) is 53.9 Å². The quantitative estimate of drug-likeness (QED) is 0.145. The molecule has 5 N–H and O–H groups in total. The van der Waals surface area contributed by atoms with Gasteiger partial charge in [-0.05, 0) is 115 Å². The van der Waals surface area contributed by atoms with Crippen molar-refractivity contribution >= 4 is 53.2 Å². The first kappa shape index (κ1) is 75.9. The molecule has 0 aromatic heterocycles. The Morgan fingerprint density at radius 1 is 0.518 bits per heavy atom. The van der Waals surface area contributed by atoms with Crippen LogP contribution in [0.2, 0.25) is 0 Å². The zero-order valence-electron chi connectivity index (χ0n) is 55.7. The summed E-state index contributed by atoms with van der Waals surface area (Å²) < 4.78 is 0. The third-order valence-electron chi connectivity index (χ3n) is 16.3. The average Bonchev–Trinajstić information content (AvgIpc) is 3.53. The molecule has 1 aliphatic heterocycles. The highest BCUT2D eigenvalue weighted by atomic mass is 16.3. The largest absolute Gasteiger partial charge is 0.391 e. The van der Waals surface area contributed by atoms with Crippen LogP contribution >= 0.6 is 0 Å². The number of aliphatic hydroxyl groups is 1. The number of carbonyl (C=O) groups is 9. The van der Waals surface area contributed by atoms with Gasteiger partial charge in [0.1, 0.15) is 48.3 Å². The molecular weight excluding hydrogens is 1060 g/mol.